The maximum Gasteiger partial charge on any atom is 0.256 e. The van der Waals surface area contributed by atoms with Crippen LogP contribution in [0.4, 0.5) is 10.2 Å². The molecular formula is C18H13ClFN3O2S. The second-order valence-electron chi connectivity index (χ2n) is 5.86. The van der Waals surface area contributed by atoms with Gasteiger partial charge in [0.25, 0.3) is 5.91 Å². The number of fused-ring (bicyclic) bond motifs is 1. The predicted molar refractivity (Wildman–Crippen MR) is 98.5 cm³/mol. The molecule has 0 bridgehead atoms. The number of anilines is 1. The number of benzene rings is 2. The van der Waals surface area contributed by atoms with E-state index in [0.717, 1.165) is 5.56 Å². The van der Waals surface area contributed by atoms with Crippen LogP contribution in [0.25, 0.3) is 5.69 Å². The lowest BCUT2D eigenvalue weighted by Crippen LogP contribution is -2.16. The molecule has 0 saturated heterocycles. The molecule has 1 aliphatic heterocycles. The van der Waals surface area contributed by atoms with Gasteiger partial charge < -0.3 is 5.32 Å². The highest BCUT2D eigenvalue weighted by atomic mass is 35.5. The average Bonchev–Trinajstić information content (AvgIpc) is 3.12. The van der Waals surface area contributed by atoms with Crippen LogP contribution in [0.5, 0.6) is 0 Å². The van der Waals surface area contributed by atoms with E-state index in [9.17, 15) is 13.4 Å². The first-order valence-electron chi connectivity index (χ1n) is 7.80. The van der Waals surface area contributed by atoms with Gasteiger partial charge in [0, 0.05) is 26.9 Å². The van der Waals surface area contributed by atoms with Gasteiger partial charge in [-0.05, 0) is 42.5 Å². The van der Waals surface area contributed by atoms with Crippen LogP contribution in [0.3, 0.4) is 0 Å². The first-order valence-corrected chi connectivity index (χ1v) is 9.66. The van der Waals surface area contributed by atoms with Crippen LogP contribution in [-0.4, -0.2) is 19.9 Å². The number of aromatic nitrogens is 2. The molecule has 2 heterocycles. The third kappa shape index (κ3) is 3.15. The van der Waals surface area contributed by atoms with E-state index < -0.39 is 22.5 Å². The monoisotopic (exact) mass is 389 g/mol. The first-order chi connectivity index (χ1) is 12.5. The van der Waals surface area contributed by atoms with Crippen molar-refractivity contribution in [3.8, 4) is 5.69 Å². The van der Waals surface area contributed by atoms with Crippen LogP contribution in [-0.2, 0) is 22.3 Å². The highest BCUT2D eigenvalue weighted by molar-refractivity contribution is 7.83. The van der Waals surface area contributed by atoms with Gasteiger partial charge in [-0.2, -0.15) is 5.10 Å². The standard InChI is InChI=1S/C18H13ClFN3O2S/c19-12-2-1-3-14(8-12)23-17(15-9-26(25)10-16(15)22-23)21-18(24)11-4-6-13(20)7-5-11/h1-8H,9-10H2,(H,21,24)/t26-/m1/s1. The quantitative estimate of drug-likeness (QED) is 0.743. The molecule has 3 aromatic rings. The van der Waals surface area contributed by atoms with Crippen LogP contribution < -0.4 is 5.32 Å². The van der Waals surface area contributed by atoms with Gasteiger partial charge in [-0.25, -0.2) is 9.07 Å². The predicted octanol–water partition coefficient (Wildman–Crippen LogP) is 3.68. The van der Waals surface area contributed by atoms with Crippen LogP contribution in [0, 0.1) is 5.82 Å². The summed E-state index contributed by atoms with van der Waals surface area (Å²) < 4.78 is 26.6. The number of carbonyl (C=O) groups is 1. The second-order valence-corrected chi connectivity index (χ2v) is 7.75. The normalized spacial score (nSPS) is 15.7. The number of hydrogen-bond donors (Lipinski definition) is 1. The summed E-state index contributed by atoms with van der Waals surface area (Å²) in [6, 6.07) is 12.3. The maximum absolute atomic E-state index is 13.1. The number of hydrogen-bond acceptors (Lipinski definition) is 3. The Bertz CT molecular complexity index is 1030. The first kappa shape index (κ1) is 16.9. The van der Waals surface area contributed by atoms with Crippen LogP contribution in [0.1, 0.15) is 21.6 Å². The molecule has 8 heteroatoms. The van der Waals surface area contributed by atoms with Crippen molar-refractivity contribution in [1.29, 1.82) is 0 Å². The number of carbonyl (C=O) groups excluding carboxylic acids is 1. The zero-order valence-electron chi connectivity index (χ0n) is 13.4. The Labute approximate surface area is 156 Å². The smallest absolute Gasteiger partial charge is 0.256 e. The summed E-state index contributed by atoms with van der Waals surface area (Å²) in [5.74, 6) is 0.329. The Hall–Kier alpha value is -2.51. The van der Waals surface area contributed by atoms with E-state index in [4.69, 9.17) is 11.6 Å². The lowest BCUT2D eigenvalue weighted by Gasteiger charge is -2.11. The number of nitrogens with zero attached hydrogens (tertiary/aromatic N) is 2. The van der Waals surface area contributed by atoms with E-state index in [0.29, 0.717) is 39.3 Å². The molecule has 0 unspecified atom stereocenters. The van der Waals surface area contributed by atoms with Gasteiger partial charge in [-0.3, -0.25) is 9.00 Å². The summed E-state index contributed by atoms with van der Waals surface area (Å²) in [6.07, 6.45) is 0. The van der Waals surface area contributed by atoms with Crippen molar-refractivity contribution in [2.45, 2.75) is 11.5 Å². The fourth-order valence-electron chi connectivity index (χ4n) is 2.83. The van der Waals surface area contributed by atoms with Crippen molar-refractivity contribution < 1.29 is 13.4 Å². The lowest BCUT2D eigenvalue weighted by atomic mass is 10.2. The fourth-order valence-corrected chi connectivity index (χ4v) is 4.28. The molecule has 0 saturated carbocycles. The Morgan fingerprint density at radius 3 is 2.69 bits per heavy atom. The third-order valence-corrected chi connectivity index (χ3v) is 5.50. The molecule has 1 aromatic heterocycles. The van der Waals surface area contributed by atoms with Gasteiger partial charge in [0.1, 0.15) is 11.6 Å². The fraction of sp³-hybridized carbons (Fsp3) is 0.111. The van der Waals surface area contributed by atoms with Crippen molar-refractivity contribution in [3.05, 3.63) is 76.2 Å². The number of rotatable bonds is 3. The van der Waals surface area contributed by atoms with Gasteiger partial charge in [0.15, 0.2) is 0 Å². The number of amides is 1. The molecule has 5 nitrogen and oxygen atoms in total. The van der Waals surface area contributed by atoms with Crippen LogP contribution >= 0.6 is 11.6 Å². The van der Waals surface area contributed by atoms with E-state index in [1.165, 1.54) is 24.3 Å². The van der Waals surface area contributed by atoms with Gasteiger partial charge in [-0.15, -0.1) is 0 Å². The molecule has 1 amide bonds. The molecular weight excluding hydrogens is 377 g/mol. The molecule has 1 N–H and O–H groups in total. The Morgan fingerprint density at radius 2 is 1.96 bits per heavy atom. The third-order valence-electron chi connectivity index (χ3n) is 4.06. The van der Waals surface area contributed by atoms with Crippen LogP contribution in [0.15, 0.2) is 48.5 Å². The van der Waals surface area contributed by atoms with Crippen molar-refractivity contribution >= 4 is 34.1 Å². The van der Waals surface area contributed by atoms with Gasteiger partial charge in [0.2, 0.25) is 0 Å². The summed E-state index contributed by atoms with van der Waals surface area (Å²) in [5.41, 5.74) is 2.45. The maximum atomic E-state index is 13.1. The summed E-state index contributed by atoms with van der Waals surface area (Å²) in [6.45, 7) is 0. The second kappa shape index (κ2) is 6.66. The molecule has 26 heavy (non-hydrogen) atoms. The number of nitrogens with one attached hydrogen (secondary N) is 1. The molecule has 2 aromatic carbocycles. The minimum absolute atomic E-state index is 0.318. The minimum atomic E-state index is -1.03. The Kier molecular flexibility index (Phi) is 4.34. The van der Waals surface area contributed by atoms with Gasteiger partial charge in [0.05, 0.1) is 22.9 Å². The molecule has 1 aliphatic rings. The molecule has 0 aliphatic carbocycles. The van der Waals surface area contributed by atoms with Crippen molar-refractivity contribution in [1.82, 2.24) is 9.78 Å². The summed E-state index contributed by atoms with van der Waals surface area (Å²) in [7, 11) is -1.03. The average molecular weight is 390 g/mol. The zero-order chi connectivity index (χ0) is 18.3. The Morgan fingerprint density at radius 1 is 1.19 bits per heavy atom. The van der Waals surface area contributed by atoms with Crippen molar-refractivity contribution in [3.63, 3.8) is 0 Å². The van der Waals surface area contributed by atoms with E-state index in [1.54, 1.807) is 22.9 Å². The largest absolute Gasteiger partial charge is 0.306 e. The highest BCUT2D eigenvalue weighted by Crippen LogP contribution is 2.32. The van der Waals surface area contributed by atoms with Gasteiger partial charge >= 0.3 is 0 Å². The van der Waals surface area contributed by atoms with E-state index in [-0.39, 0.29) is 0 Å². The minimum Gasteiger partial charge on any atom is -0.306 e. The van der Waals surface area contributed by atoms with Crippen molar-refractivity contribution in [2.24, 2.45) is 0 Å². The summed E-state index contributed by atoms with van der Waals surface area (Å²) >= 11 is 6.07. The molecule has 1 atom stereocenters. The molecule has 132 valence electrons. The highest BCUT2D eigenvalue weighted by Gasteiger charge is 2.28. The molecule has 4 rings (SSSR count). The van der Waals surface area contributed by atoms with E-state index in [2.05, 4.69) is 10.4 Å². The zero-order valence-corrected chi connectivity index (χ0v) is 15.0. The number of halogens is 2. The van der Waals surface area contributed by atoms with Crippen LogP contribution in [0.2, 0.25) is 5.02 Å². The topological polar surface area (TPSA) is 64.0 Å². The molecule has 0 radical (unpaired) electrons. The molecule has 0 fully saturated rings. The van der Waals surface area contributed by atoms with Gasteiger partial charge in [-0.1, -0.05) is 17.7 Å². The van der Waals surface area contributed by atoms with Crippen molar-refractivity contribution in [2.75, 3.05) is 5.32 Å². The summed E-state index contributed by atoms with van der Waals surface area (Å²) in [4.78, 5) is 12.6. The molecule has 0 spiro atoms. The Balaban J connectivity index is 1.75. The summed E-state index contributed by atoms with van der Waals surface area (Å²) in [5, 5.41) is 7.87. The van der Waals surface area contributed by atoms with E-state index >= 15 is 0 Å². The lowest BCUT2D eigenvalue weighted by molar-refractivity contribution is 0.102. The van der Waals surface area contributed by atoms with E-state index in [1.807, 2.05) is 6.07 Å². The SMILES string of the molecule is O=C(Nc1c2c(nn1-c1cccc(Cl)c1)C[S@](=O)C2)c1ccc(F)cc1.